The summed E-state index contributed by atoms with van der Waals surface area (Å²) in [4.78, 5) is 13.0. The lowest BCUT2D eigenvalue weighted by Gasteiger charge is -2.29. The van der Waals surface area contributed by atoms with Crippen LogP contribution in [0, 0.1) is 11.3 Å². The topological polar surface area (TPSA) is 96.9 Å². The second kappa shape index (κ2) is 8.97. The van der Waals surface area contributed by atoms with Gasteiger partial charge in [0.05, 0.1) is 17.3 Å². The van der Waals surface area contributed by atoms with Gasteiger partial charge in [-0.25, -0.2) is 14.5 Å². The summed E-state index contributed by atoms with van der Waals surface area (Å²) >= 11 is 0. The molecule has 4 heterocycles. The first-order valence-corrected chi connectivity index (χ1v) is 10.3. The van der Waals surface area contributed by atoms with Gasteiger partial charge >= 0.3 is 0 Å². The number of aliphatic imine (C=N–C) groups is 1. The molecule has 2 N–H and O–H groups in total. The van der Waals surface area contributed by atoms with Crippen LogP contribution in [0.2, 0.25) is 0 Å². The minimum absolute atomic E-state index is 0.412. The number of nitrogens with one attached hydrogen (secondary N) is 2. The van der Waals surface area contributed by atoms with Gasteiger partial charge in [0.25, 0.3) is 0 Å². The van der Waals surface area contributed by atoms with Crippen molar-refractivity contribution >= 4 is 24.0 Å². The van der Waals surface area contributed by atoms with Crippen molar-refractivity contribution in [3.63, 3.8) is 0 Å². The van der Waals surface area contributed by atoms with E-state index in [-0.39, 0.29) is 0 Å². The summed E-state index contributed by atoms with van der Waals surface area (Å²) < 4.78 is 1.79. The van der Waals surface area contributed by atoms with E-state index in [2.05, 4.69) is 55.2 Å². The Bertz CT molecular complexity index is 1020. The minimum Gasteiger partial charge on any atom is -0.372 e. The molecule has 0 saturated carbocycles. The number of allylic oxidation sites excluding steroid dienone is 3. The first-order valence-electron chi connectivity index (χ1n) is 10.3. The second-order valence-corrected chi connectivity index (χ2v) is 7.49. The van der Waals surface area contributed by atoms with Crippen LogP contribution in [0.4, 0.5) is 11.8 Å². The quantitative estimate of drug-likeness (QED) is 0.560. The molecular weight excluding hydrogens is 378 g/mol. The van der Waals surface area contributed by atoms with Crippen molar-refractivity contribution in [1.82, 2.24) is 24.8 Å². The highest BCUT2D eigenvalue weighted by Crippen LogP contribution is 2.27. The molecule has 2 aromatic rings. The Morgan fingerprint density at radius 2 is 2.03 bits per heavy atom. The van der Waals surface area contributed by atoms with E-state index in [0.717, 1.165) is 63.4 Å². The third kappa shape index (κ3) is 4.14. The zero-order valence-electron chi connectivity index (χ0n) is 17.3. The zero-order valence-corrected chi connectivity index (χ0v) is 17.3. The summed E-state index contributed by atoms with van der Waals surface area (Å²) in [6.07, 6.45) is 7.88. The maximum absolute atomic E-state index is 9.56. The molecule has 156 valence electrons. The Labute approximate surface area is 176 Å². The van der Waals surface area contributed by atoms with Crippen molar-refractivity contribution in [2.45, 2.75) is 19.8 Å². The van der Waals surface area contributed by atoms with Crippen LogP contribution < -0.4 is 15.5 Å². The Morgan fingerprint density at radius 1 is 1.27 bits per heavy atom. The van der Waals surface area contributed by atoms with Gasteiger partial charge in [-0.05, 0) is 44.7 Å². The highest BCUT2D eigenvalue weighted by Gasteiger charge is 2.21. The molecule has 2 aromatic heterocycles. The van der Waals surface area contributed by atoms with Crippen molar-refractivity contribution in [3.8, 4) is 6.07 Å². The SMILES string of the molecule is C=N/C(=C\C=C(/C)N1CCNCC1)Nc1ncc2cc(C#N)c(N3CCCC3)n2n1. The number of hydrogen-bond donors (Lipinski definition) is 2. The number of nitrogens with zero attached hydrogens (tertiary/aromatic N) is 7. The van der Waals surface area contributed by atoms with Gasteiger partial charge in [0.2, 0.25) is 5.95 Å². The van der Waals surface area contributed by atoms with E-state index in [1.807, 2.05) is 18.2 Å². The maximum Gasteiger partial charge on any atom is 0.246 e. The van der Waals surface area contributed by atoms with Crippen LogP contribution in [0.5, 0.6) is 0 Å². The van der Waals surface area contributed by atoms with Crippen molar-refractivity contribution in [2.75, 3.05) is 49.5 Å². The smallest absolute Gasteiger partial charge is 0.246 e. The highest BCUT2D eigenvalue weighted by atomic mass is 15.4. The summed E-state index contributed by atoms with van der Waals surface area (Å²) in [5, 5.41) is 20.7. The fourth-order valence-electron chi connectivity index (χ4n) is 3.90. The predicted molar refractivity (Wildman–Crippen MR) is 119 cm³/mol. The van der Waals surface area contributed by atoms with E-state index in [0.29, 0.717) is 17.3 Å². The summed E-state index contributed by atoms with van der Waals surface area (Å²) in [7, 11) is 0. The number of aromatic nitrogens is 3. The first-order chi connectivity index (χ1) is 14.7. The molecule has 0 aliphatic carbocycles. The fraction of sp³-hybridized carbons (Fsp3) is 0.429. The Balaban J connectivity index is 1.58. The van der Waals surface area contributed by atoms with Crippen LogP contribution >= 0.6 is 0 Å². The number of rotatable bonds is 6. The molecule has 2 fully saturated rings. The van der Waals surface area contributed by atoms with Crippen LogP contribution in [0.25, 0.3) is 5.52 Å². The number of fused-ring (bicyclic) bond motifs is 1. The van der Waals surface area contributed by atoms with Crippen LogP contribution in [0.15, 0.2) is 40.9 Å². The summed E-state index contributed by atoms with van der Waals surface area (Å²) in [6, 6.07) is 4.12. The average molecular weight is 406 g/mol. The molecule has 0 aromatic carbocycles. The highest BCUT2D eigenvalue weighted by molar-refractivity contribution is 5.67. The third-order valence-electron chi connectivity index (χ3n) is 5.53. The molecule has 4 rings (SSSR count). The normalized spacial score (nSPS) is 18.0. The molecule has 9 nitrogen and oxygen atoms in total. The Kier molecular flexibility index (Phi) is 5.95. The lowest BCUT2D eigenvalue weighted by molar-refractivity contribution is 0.300. The lowest BCUT2D eigenvalue weighted by atomic mass is 10.3. The monoisotopic (exact) mass is 405 g/mol. The maximum atomic E-state index is 9.56. The molecule has 2 aliphatic heterocycles. The van der Waals surface area contributed by atoms with Gasteiger partial charge in [0, 0.05) is 45.0 Å². The summed E-state index contributed by atoms with van der Waals surface area (Å²) in [6.45, 7) is 11.6. The molecule has 0 unspecified atom stereocenters. The molecule has 0 atom stereocenters. The molecule has 0 bridgehead atoms. The van der Waals surface area contributed by atoms with E-state index in [9.17, 15) is 5.26 Å². The van der Waals surface area contributed by atoms with Crippen molar-refractivity contribution in [2.24, 2.45) is 4.99 Å². The zero-order chi connectivity index (χ0) is 20.9. The van der Waals surface area contributed by atoms with Gasteiger partial charge in [-0.1, -0.05) is 0 Å². The van der Waals surface area contributed by atoms with E-state index in [1.54, 1.807) is 10.7 Å². The first kappa shape index (κ1) is 19.9. The third-order valence-corrected chi connectivity index (χ3v) is 5.53. The van der Waals surface area contributed by atoms with Crippen LogP contribution in [-0.2, 0) is 0 Å². The van der Waals surface area contributed by atoms with Crippen molar-refractivity contribution < 1.29 is 0 Å². The van der Waals surface area contributed by atoms with Crippen LogP contribution in [0.1, 0.15) is 25.3 Å². The van der Waals surface area contributed by atoms with Crippen LogP contribution in [0.3, 0.4) is 0 Å². The lowest BCUT2D eigenvalue weighted by Crippen LogP contribution is -2.42. The number of piperazine rings is 1. The van der Waals surface area contributed by atoms with E-state index >= 15 is 0 Å². The fourth-order valence-corrected chi connectivity index (χ4v) is 3.90. The Morgan fingerprint density at radius 3 is 2.73 bits per heavy atom. The molecule has 30 heavy (non-hydrogen) atoms. The van der Waals surface area contributed by atoms with Gasteiger partial charge in [-0.15, -0.1) is 5.10 Å². The van der Waals surface area contributed by atoms with Crippen molar-refractivity contribution in [1.29, 1.82) is 5.26 Å². The second-order valence-electron chi connectivity index (χ2n) is 7.49. The molecule has 9 heteroatoms. The summed E-state index contributed by atoms with van der Waals surface area (Å²) in [5.41, 5.74) is 2.59. The molecule has 0 amide bonds. The van der Waals surface area contributed by atoms with E-state index in [1.165, 1.54) is 5.70 Å². The number of anilines is 2. The van der Waals surface area contributed by atoms with Gasteiger partial charge in [-0.3, -0.25) is 0 Å². The predicted octanol–water partition coefficient (Wildman–Crippen LogP) is 1.96. The van der Waals surface area contributed by atoms with Crippen LogP contribution in [-0.4, -0.2) is 65.5 Å². The van der Waals surface area contributed by atoms with Gasteiger partial charge in [-0.2, -0.15) is 5.26 Å². The van der Waals surface area contributed by atoms with Gasteiger partial charge in [0.15, 0.2) is 0 Å². The van der Waals surface area contributed by atoms with E-state index in [4.69, 9.17) is 0 Å². The minimum atomic E-state index is 0.412. The standard InChI is InChI=1S/C21H27N9/c1-16(28-11-7-24-8-12-28)5-6-19(23-2)26-21-25-15-18-13-17(14-22)20(30(18)27-21)29-9-3-4-10-29/h5-6,13,15,24H,2-4,7-12H2,1H3,(H,26,27)/b16-5+,19-6+. The number of hydrogen-bond acceptors (Lipinski definition) is 8. The summed E-state index contributed by atoms with van der Waals surface area (Å²) in [5.74, 6) is 1.82. The van der Waals surface area contributed by atoms with Gasteiger partial charge in [0.1, 0.15) is 17.7 Å². The molecule has 2 aliphatic rings. The number of nitriles is 1. The molecule has 2 saturated heterocycles. The van der Waals surface area contributed by atoms with Gasteiger partial charge < -0.3 is 20.4 Å². The molecular formula is C21H27N9. The average Bonchev–Trinajstić information content (AvgIpc) is 3.43. The Hall–Kier alpha value is -3.38. The van der Waals surface area contributed by atoms with Crippen molar-refractivity contribution in [3.05, 3.63) is 41.5 Å². The molecule has 0 spiro atoms. The molecule has 0 radical (unpaired) electrons. The van der Waals surface area contributed by atoms with E-state index < -0.39 is 0 Å². The largest absolute Gasteiger partial charge is 0.372 e.